The van der Waals surface area contributed by atoms with Crippen LogP contribution in [0.1, 0.15) is 194 Å². The van der Waals surface area contributed by atoms with Gasteiger partial charge in [0, 0.05) is 12.1 Å². The van der Waals surface area contributed by atoms with Gasteiger partial charge in [0.2, 0.25) is 0 Å². The molecule has 248 valence electrons. The van der Waals surface area contributed by atoms with Gasteiger partial charge in [0.15, 0.2) is 0 Å². The van der Waals surface area contributed by atoms with Gasteiger partial charge in [-0.1, -0.05) is 161 Å². The van der Waals surface area contributed by atoms with Crippen LogP contribution in [0.25, 0.3) is 0 Å². The highest BCUT2D eigenvalue weighted by Crippen LogP contribution is 2.36. The van der Waals surface area contributed by atoms with Crippen LogP contribution >= 0.6 is 0 Å². The van der Waals surface area contributed by atoms with Gasteiger partial charge in [-0.05, 0) is 75.7 Å². The van der Waals surface area contributed by atoms with Crippen LogP contribution in [0, 0.1) is 35.5 Å². The molecule has 8 atom stereocenters. The van der Waals surface area contributed by atoms with Crippen LogP contribution in [0.4, 0.5) is 0 Å². The molecule has 1 aliphatic heterocycles. The topological polar surface area (TPSA) is 3.24 Å². The Hall–Kier alpha value is -0.0400. The number of hydrogen-bond acceptors (Lipinski definition) is 1. The maximum atomic E-state index is 2.51. The summed E-state index contributed by atoms with van der Waals surface area (Å²) in [5.41, 5.74) is 0. The van der Waals surface area contributed by atoms with Crippen LogP contribution in [-0.4, -0.2) is 24.0 Å². The lowest BCUT2D eigenvalue weighted by molar-refractivity contribution is 0.0519. The Morgan fingerprint density at radius 2 is 0.526 bits per heavy atom. The van der Waals surface area contributed by atoms with Crippen molar-refractivity contribution in [3.8, 4) is 0 Å². The third-order valence-electron chi connectivity index (χ3n) is 7.11. The predicted octanol–water partition coefficient (Wildman–Crippen LogP) is 14.8. The van der Waals surface area contributed by atoms with Gasteiger partial charge in [0.05, 0.1) is 0 Å². The van der Waals surface area contributed by atoms with Crippen molar-refractivity contribution in [3.05, 3.63) is 0 Å². The molecular formula is C37H95N. The van der Waals surface area contributed by atoms with Gasteiger partial charge in [0.25, 0.3) is 0 Å². The SMILES string of the molecule is C.C.C.C.CC.CC.CC.CC.CC.CCC.C[C@@H]1C[C@H](C)[C@H](C)C[C@@H]1C.C[C@@H]1C[C@H](C)[C@H](C)N(C)[C@@H]1C. The first kappa shape index (κ1) is 66.3. The van der Waals surface area contributed by atoms with Gasteiger partial charge >= 0.3 is 0 Å². The lowest BCUT2D eigenvalue weighted by Crippen LogP contribution is -2.48. The molecule has 1 saturated carbocycles. The quantitative estimate of drug-likeness (QED) is 0.288. The molecule has 1 saturated heterocycles. The fraction of sp³-hybridized carbons (Fsp3) is 1.00. The largest absolute Gasteiger partial charge is 0.300 e. The summed E-state index contributed by atoms with van der Waals surface area (Å²) in [6.45, 7) is 43.2. The van der Waals surface area contributed by atoms with Gasteiger partial charge in [-0.2, -0.15) is 0 Å². The van der Waals surface area contributed by atoms with E-state index in [1.807, 2.05) is 69.2 Å². The molecule has 0 bridgehead atoms. The van der Waals surface area contributed by atoms with E-state index in [-0.39, 0.29) is 29.7 Å². The Labute approximate surface area is 253 Å². The standard InChI is InChI=1S/C10H21N.C10H20.C3H8.5C2H6.4CH4/c1-7-6-8(2)10(4)11(5)9(7)3;1-7-5-9(3)10(4)6-8(7)2;1-3-2;5*1-2;;;;/h7-10H,6H2,1-5H3;7-10H,5-6H2,1-4H3;3H2,1-2H3;5*1-2H3;4*1H4/t7-,8+,9-,10+;7-,8+,9+,10-;;;;;;;;;;. The first-order valence-corrected chi connectivity index (χ1v) is 15.8. The molecule has 1 nitrogen and oxygen atoms in total. The Bertz CT molecular complexity index is 274. The molecule has 0 N–H and O–H groups in total. The van der Waals surface area contributed by atoms with E-state index in [0.717, 1.165) is 47.6 Å². The van der Waals surface area contributed by atoms with Crippen LogP contribution < -0.4 is 0 Å². The van der Waals surface area contributed by atoms with Crippen molar-refractivity contribution in [2.24, 2.45) is 35.5 Å². The molecule has 0 unspecified atom stereocenters. The summed E-state index contributed by atoms with van der Waals surface area (Å²) in [7, 11) is 2.25. The molecule has 0 amide bonds. The van der Waals surface area contributed by atoms with Gasteiger partial charge in [0.1, 0.15) is 0 Å². The molecule has 0 radical (unpaired) electrons. The van der Waals surface area contributed by atoms with Gasteiger partial charge in [-0.15, -0.1) is 0 Å². The minimum Gasteiger partial charge on any atom is -0.300 e. The Morgan fingerprint density at radius 1 is 0.395 bits per heavy atom. The average molecular weight is 554 g/mol. The molecule has 2 aliphatic rings. The summed E-state index contributed by atoms with van der Waals surface area (Å²) in [5, 5.41) is 0. The second-order valence-corrected chi connectivity index (χ2v) is 9.42. The summed E-state index contributed by atoms with van der Waals surface area (Å²) in [6.07, 6.45) is 5.54. The van der Waals surface area contributed by atoms with E-state index in [9.17, 15) is 0 Å². The van der Waals surface area contributed by atoms with Crippen molar-refractivity contribution in [2.45, 2.75) is 206 Å². The first-order valence-electron chi connectivity index (χ1n) is 15.8. The van der Waals surface area contributed by atoms with Crippen molar-refractivity contribution in [1.29, 1.82) is 0 Å². The summed E-state index contributed by atoms with van der Waals surface area (Å²) < 4.78 is 0. The number of likely N-dealkylation sites (tertiary alicyclic amines) is 1. The van der Waals surface area contributed by atoms with Crippen LogP contribution in [0.15, 0.2) is 0 Å². The highest BCUT2D eigenvalue weighted by molar-refractivity contribution is 4.85. The molecule has 38 heavy (non-hydrogen) atoms. The molecule has 1 heterocycles. The number of hydrogen-bond donors (Lipinski definition) is 0. The Morgan fingerprint density at radius 3 is 0.684 bits per heavy atom. The maximum absolute atomic E-state index is 2.51. The molecule has 0 aromatic carbocycles. The van der Waals surface area contributed by atoms with Crippen molar-refractivity contribution >= 4 is 0 Å². The second-order valence-electron chi connectivity index (χ2n) is 9.42. The van der Waals surface area contributed by atoms with E-state index in [1.165, 1.54) is 25.7 Å². The zero-order valence-corrected chi connectivity index (χ0v) is 28.9. The summed E-state index contributed by atoms with van der Waals surface area (Å²) >= 11 is 0. The van der Waals surface area contributed by atoms with E-state index in [0.29, 0.717) is 0 Å². The average Bonchev–Trinajstić information content (AvgIpc) is 2.87. The monoisotopic (exact) mass is 554 g/mol. The highest BCUT2D eigenvalue weighted by Gasteiger charge is 2.31. The van der Waals surface area contributed by atoms with Gasteiger partial charge in [-0.25, -0.2) is 0 Å². The molecule has 2 fully saturated rings. The molecule has 1 aliphatic carbocycles. The third-order valence-corrected chi connectivity index (χ3v) is 7.11. The van der Waals surface area contributed by atoms with Crippen LogP contribution in [-0.2, 0) is 0 Å². The van der Waals surface area contributed by atoms with Crippen molar-refractivity contribution in [3.63, 3.8) is 0 Å². The highest BCUT2D eigenvalue weighted by atomic mass is 15.2. The molecule has 0 spiro atoms. The normalized spacial score (nSPS) is 28.0. The van der Waals surface area contributed by atoms with E-state index in [1.54, 1.807) is 0 Å². The lowest BCUT2D eigenvalue weighted by atomic mass is 9.71. The summed E-state index contributed by atoms with van der Waals surface area (Å²) in [4.78, 5) is 2.51. The van der Waals surface area contributed by atoms with E-state index < -0.39 is 0 Å². The van der Waals surface area contributed by atoms with E-state index in [2.05, 4.69) is 81.2 Å². The van der Waals surface area contributed by atoms with E-state index >= 15 is 0 Å². The minimum atomic E-state index is 0. The Balaban J connectivity index is -0.0000000336. The summed E-state index contributed by atoms with van der Waals surface area (Å²) in [5.74, 6) is 5.59. The van der Waals surface area contributed by atoms with E-state index in [4.69, 9.17) is 0 Å². The smallest absolute Gasteiger partial charge is 0.00925 e. The van der Waals surface area contributed by atoms with Crippen LogP contribution in [0.2, 0.25) is 0 Å². The molecule has 0 aromatic rings. The summed E-state index contributed by atoms with van der Waals surface area (Å²) in [6, 6.07) is 1.53. The van der Waals surface area contributed by atoms with Crippen molar-refractivity contribution < 1.29 is 0 Å². The number of piperidine rings is 1. The zero-order chi connectivity index (χ0) is 29.0. The third kappa shape index (κ3) is 34.0. The lowest BCUT2D eigenvalue weighted by Gasteiger charge is -2.44. The molecular weight excluding hydrogens is 458 g/mol. The number of nitrogens with zero attached hydrogens (tertiary/aromatic N) is 1. The fourth-order valence-electron chi connectivity index (χ4n) is 4.26. The fourth-order valence-corrected chi connectivity index (χ4v) is 4.26. The molecule has 0 aromatic heterocycles. The predicted molar refractivity (Wildman–Crippen MR) is 195 cm³/mol. The maximum Gasteiger partial charge on any atom is 0.00925 e. The van der Waals surface area contributed by atoms with Crippen molar-refractivity contribution in [1.82, 2.24) is 4.90 Å². The molecule has 1 heteroatoms. The van der Waals surface area contributed by atoms with Crippen LogP contribution in [0.5, 0.6) is 0 Å². The first-order chi connectivity index (χ1) is 16.1. The molecule has 2 rings (SSSR count). The van der Waals surface area contributed by atoms with Gasteiger partial charge < -0.3 is 4.90 Å². The zero-order valence-electron chi connectivity index (χ0n) is 28.9. The van der Waals surface area contributed by atoms with Gasteiger partial charge in [-0.3, -0.25) is 0 Å². The minimum absolute atomic E-state index is 0. The Kier molecular flexibility index (Phi) is 87.0. The van der Waals surface area contributed by atoms with Crippen molar-refractivity contribution in [2.75, 3.05) is 7.05 Å². The number of rotatable bonds is 0. The van der Waals surface area contributed by atoms with Crippen LogP contribution in [0.3, 0.4) is 0 Å². The second kappa shape index (κ2) is 49.9.